The molecule has 0 bridgehead atoms. The molecule has 1 atom stereocenters. The summed E-state index contributed by atoms with van der Waals surface area (Å²) in [6.07, 6.45) is 5.00. The van der Waals surface area contributed by atoms with Crippen molar-refractivity contribution in [2.45, 2.75) is 25.3 Å². The van der Waals surface area contributed by atoms with Crippen molar-refractivity contribution in [1.82, 2.24) is 14.7 Å². The van der Waals surface area contributed by atoms with E-state index >= 15 is 0 Å². The lowest BCUT2D eigenvalue weighted by molar-refractivity contribution is 0.168. The number of piperidine rings is 1. The second kappa shape index (κ2) is 9.30. The van der Waals surface area contributed by atoms with Gasteiger partial charge >= 0.3 is 0 Å². The van der Waals surface area contributed by atoms with Crippen LogP contribution in [0.25, 0.3) is 0 Å². The number of anilines is 1. The molecule has 0 spiro atoms. The Labute approximate surface area is 159 Å². The molecule has 1 aliphatic rings. The van der Waals surface area contributed by atoms with Crippen molar-refractivity contribution in [3.63, 3.8) is 0 Å². The molecule has 3 heterocycles. The first-order chi connectivity index (χ1) is 12.7. The molecular weight excluding hydrogens is 348 g/mol. The third kappa shape index (κ3) is 4.93. The highest BCUT2D eigenvalue weighted by Crippen LogP contribution is 2.21. The number of likely N-dealkylation sites (N-methyl/N-ethyl adjacent to an activating group) is 1. The number of likely N-dealkylation sites (tertiary alicyclic amines) is 1. The number of aromatic nitrogens is 2. The van der Waals surface area contributed by atoms with Gasteiger partial charge in [0.15, 0.2) is 0 Å². The van der Waals surface area contributed by atoms with E-state index in [0.29, 0.717) is 6.61 Å². The number of methoxy groups -OCH3 is 1. The van der Waals surface area contributed by atoms with Gasteiger partial charge in [-0.05, 0) is 37.3 Å². The van der Waals surface area contributed by atoms with Gasteiger partial charge in [-0.1, -0.05) is 6.07 Å². The van der Waals surface area contributed by atoms with Crippen LogP contribution in [0, 0.1) is 0 Å². The summed E-state index contributed by atoms with van der Waals surface area (Å²) in [5.74, 6) is 0. The quantitative estimate of drug-likeness (QED) is 0.707. The molecule has 26 heavy (non-hydrogen) atoms. The number of ether oxygens (including phenoxy) is 1. The van der Waals surface area contributed by atoms with Gasteiger partial charge in [-0.25, -0.2) is 4.68 Å². The maximum absolute atomic E-state index is 12.6. The molecule has 6 nitrogen and oxygen atoms in total. The first-order valence-electron chi connectivity index (χ1n) is 9.21. The van der Waals surface area contributed by atoms with Crippen LogP contribution in [0.5, 0.6) is 0 Å². The first kappa shape index (κ1) is 19.1. The van der Waals surface area contributed by atoms with Crippen LogP contribution in [-0.4, -0.2) is 61.6 Å². The summed E-state index contributed by atoms with van der Waals surface area (Å²) < 4.78 is 6.77. The van der Waals surface area contributed by atoms with Gasteiger partial charge in [-0.15, -0.1) is 11.3 Å². The van der Waals surface area contributed by atoms with E-state index in [4.69, 9.17) is 4.74 Å². The van der Waals surface area contributed by atoms with Crippen molar-refractivity contribution >= 4 is 17.0 Å². The van der Waals surface area contributed by atoms with Crippen LogP contribution in [0.4, 0.5) is 5.69 Å². The van der Waals surface area contributed by atoms with Gasteiger partial charge in [0, 0.05) is 44.7 Å². The average molecular weight is 377 g/mol. The lowest BCUT2D eigenvalue weighted by Gasteiger charge is -2.33. The van der Waals surface area contributed by atoms with Gasteiger partial charge in [-0.2, -0.15) is 5.10 Å². The predicted molar refractivity (Wildman–Crippen MR) is 106 cm³/mol. The van der Waals surface area contributed by atoms with E-state index in [1.807, 2.05) is 23.3 Å². The van der Waals surface area contributed by atoms with Crippen molar-refractivity contribution in [3.8, 4) is 0 Å². The molecule has 1 saturated heterocycles. The maximum atomic E-state index is 12.6. The molecule has 0 saturated carbocycles. The van der Waals surface area contributed by atoms with Crippen LogP contribution in [0.1, 0.15) is 23.8 Å². The second-order valence-electron chi connectivity index (χ2n) is 6.84. The van der Waals surface area contributed by atoms with Crippen LogP contribution in [0.15, 0.2) is 34.6 Å². The fraction of sp³-hybridized carbons (Fsp3) is 0.579. The second-order valence-corrected chi connectivity index (χ2v) is 7.87. The molecule has 7 heteroatoms. The third-order valence-electron chi connectivity index (χ3n) is 4.96. The Bertz CT molecular complexity index is 731. The normalized spacial score (nSPS) is 18.2. The smallest absolute Gasteiger partial charge is 0.269 e. The van der Waals surface area contributed by atoms with Crippen molar-refractivity contribution in [1.29, 1.82) is 0 Å². The molecule has 1 fully saturated rings. The van der Waals surface area contributed by atoms with Crippen LogP contribution in [0.2, 0.25) is 0 Å². The molecule has 1 unspecified atom stereocenters. The van der Waals surface area contributed by atoms with Crippen LogP contribution in [0.3, 0.4) is 0 Å². The standard InChI is InChI=1S/C19H28N4O2S/c1-21(10-11-25-2)17-13-19(24)23(20-14-17)16-5-3-8-22(15-16)9-7-18-6-4-12-26-18/h4,6,12-14,16H,3,5,7-11,15H2,1-2H3. The summed E-state index contributed by atoms with van der Waals surface area (Å²) in [6, 6.07) is 6.15. The Morgan fingerprint density at radius 3 is 3.08 bits per heavy atom. The largest absolute Gasteiger partial charge is 0.383 e. The zero-order chi connectivity index (χ0) is 18.4. The predicted octanol–water partition coefficient (Wildman–Crippen LogP) is 2.27. The molecule has 2 aromatic heterocycles. The Hall–Kier alpha value is -1.70. The molecular formula is C19H28N4O2S. The monoisotopic (exact) mass is 376 g/mol. The molecule has 2 aromatic rings. The highest BCUT2D eigenvalue weighted by Gasteiger charge is 2.23. The number of nitrogens with zero attached hydrogens (tertiary/aromatic N) is 4. The van der Waals surface area contributed by atoms with E-state index in [9.17, 15) is 4.79 Å². The Morgan fingerprint density at radius 1 is 1.46 bits per heavy atom. The molecule has 1 aliphatic heterocycles. The summed E-state index contributed by atoms with van der Waals surface area (Å²) >= 11 is 1.81. The minimum atomic E-state index is -0.0168. The fourth-order valence-electron chi connectivity index (χ4n) is 3.41. The lowest BCUT2D eigenvalue weighted by atomic mass is 10.1. The summed E-state index contributed by atoms with van der Waals surface area (Å²) in [7, 11) is 3.63. The van der Waals surface area contributed by atoms with Gasteiger partial charge in [0.25, 0.3) is 5.56 Å². The van der Waals surface area contributed by atoms with E-state index in [2.05, 4.69) is 27.5 Å². The average Bonchev–Trinajstić information content (AvgIpc) is 3.18. The lowest BCUT2D eigenvalue weighted by Crippen LogP contribution is -2.41. The van der Waals surface area contributed by atoms with Gasteiger partial charge in [-0.3, -0.25) is 4.79 Å². The van der Waals surface area contributed by atoms with Crippen molar-refractivity contribution < 1.29 is 4.74 Å². The first-order valence-corrected chi connectivity index (χ1v) is 10.1. The number of hydrogen-bond donors (Lipinski definition) is 0. The highest BCUT2D eigenvalue weighted by atomic mass is 32.1. The zero-order valence-electron chi connectivity index (χ0n) is 15.6. The van der Waals surface area contributed by atoms with E-state index in [-0.39, 0.29) is 11.6 Å². The maximum Gasteiger partial charge on any atom is 0.269 e. The van der Waals surface area contributed by atoms with Crippen LogP contribution >= 0.6 is 11.3 Å². The molecule has 0 aliphatic carbocycles. The summed E-state index contributed by atoms with van der Waals surface area (Å²) in [5, 5.41) is 6.60. The van der Waals surface area contributed by atoms with E-state index in [0.717, 1.165) is 51.1 Å². The Morgan fingerprint density at radius 2 is 2.35 bits per heavy atom. The fourth-order valence-corrected chi connectivity index (χ4v) is 4.10. The number of rotatable bonds is 8. The SMILES string of the molecule is COCCN(C)c1cnn(C2CCCN(CCc3cccs3)C2)c(=O)c1. The molecule has 0 N–H and O–H groups in total. The van der Waals surface area contributed by atoms with E-state index < -0.39 is 0 Å². The van der Waals surface area contributed by atoms with Crippen molar-refractivity contribution in [2.75, 3.05) is 51.8 Å². The third-order valence-corrected chi connectivity index (χ3v) is 5.90. The van der Waals surface area contributed by atoms with Crippen molar-refractivity contribution in [2.24, 2.45) is 0 Å². The van der Waals surface area contributed by atoms with E-state index in [1.165, 1.54) is 4.88 Å². The molecule has 0 amide bonds. The zero-order valence-corrected chi connectivity index (χ0v) is 16.5. The molecule has 3 rings (SSSR count). The minimum Gasteiger partial charge on any atom is -0.383 e. The number of thiophene rings is 1. The van der Waals surface area contributed by atoms with Crippen molar-refractivity contribution in [3.05, 3.63) is 45.0 Å². The molecule has 142 valence electrons. The molecule has 0 aromatic carbocycles. The van der Waals surface area contributed by atoms with Crippen LogP contribution < -0.4 is 10.5 Å². The topological polar surface area (TPSA) is 50.6 Å². The minimum absolute atomic E-state index is 0.0168. The van der Waals surface area contributed by atoms with Gasteiger partial charge in [0.2, 0.25) is 0 Å². The van der Waals surface area contributed by atoms with Gasteiger partial charge in [0.05, 0.1) is 24.5 Å². The van der Waals surface area contributed by atoms with Gasteiger partial charge < -0.3 is 14.5 Å². The summed E-state index contributed by atoms with van der Waals surface area (Å²) in [4.78, 5) is 18.5. The summed E-state index contributed by atoms with van der Waals surface area (Å²) in [6.45, 7) is 4.41. The van der Waals surface area contributed by atoms with Gasteiger partial charge in [0.1, 0.15) is 0 Å². The Kier molecular flexibility index (Phi) is 6.82. The summed E-state index contributed by atoms with van der Waals surface area (Å²) in [5.41, 5.74) is 0.825. The van der Waals surface area contributed by atoms with E-state index in [1.54, 1.807) is 24.1 Å². The molecule has 0 radical (unpaired) electrons. The highest BCUT2D eigenvalue weighted by molar-refractivity contribution is 7.09. The number of hydrogen-bond acceptors (Lipinski definition) is 6. The Balaban J connectivity index is 1.61. The van der Waals surface area contributed by atoms with Crippen LogP contribution in [-0.2, 0) is 11.2 Å².